The van der Waals surface area contributed by atoms with E-state index in [1.54, 1.807) is 18.0 Å². The second kappa shape index (κ2) is 6.78. The number of carbonyl (C=O) groups excluding carboxylic acids is 1. The van der Waals surface area contributed by atoms with Gasteiger partial charge in [0.1, 0.15) is 18.6 Å². The summed E-state index contributed by atoms with van der Waals surface area (Å²) in [6.07, 6.45) is 1.47. The zero-order chi connectivity index (χ0) is 15.2. The Bertz CT molecular complexity index is 674. The smallest absolute Gasteiger partial charge is 0.257 e. The zero-order valence-corrected chi connectivity index (χ0v) is 12.1. The zero-order valence-electron chi connectivity index (χ0n) is 12.1. The van der Waals surface area contributed by atoms with Crippen LogP contribution in [0.15, 0.2) is 41.0 Å². The summed E-state index contributed by atoms with van der Waals surface area (Å²) in [5, 5.41) is 8.65. The van der Waals surface area contributed by atoms with Crippen molar-refractivity contribution in [2.75, 3.05) is 13.7 Å². The number of aliphatic hydroxyl groups is 1. The molecule has 21 heavy (non-hydrogen) atoms. The molecule has 1 amide bonds. The first-order valence-electron chi connectivity index (χ1n) is 6.59. The first-order chi connectivity index (χ1) is 10.1. The van der Waals surface area contributed by atoms with Crippen LogP contribution in [-0.4, -0.2) is 29.6 Å². The monoisotopic (exact) mass is 283 g/mol. The molecule has 0 radical (unpaired) electrons. The van der Waals surface area contributed by atoms with Gasteiger partial charge >= 0.3 is 0 Å². The molecule has 0 aliphatic carbocycles. The van der Waals surface area contributed by atoms with E-state index in [0.29, 0.717) is 12.1 Å². The minimum atomic E-state index is -0.150. The summed E-state index contributed by atoms with van der Waals surface area (Å²) in [5.41, 5.74) is 2.41. The van der Waals surface area contributed by atoms with Crippen LogP contribution in [0.2, 0.25) is 0 Å². The fourth-order valence-corrected chi connectivity index (χ4v) is 1.96. The summed E-state index contributed by atoms with van der Waals surface area (Å²) in [4.78, 5) is 13.8. The highest BCUT2D eigenvalue weighted by Gasteiger charge is 2.14. The number of carbonyl (C=O) groups is 1. The standard InChI is InChI=1S/C17H17NO3/c1-13-10-16(12-21-13)17(20)18(2)11-15-7-5-14(6-8-15)4-3-9-19/h5-8,10,12,19H,9,11H2,1-2H3. The first-order valence-corrected chi connectivity index (χ1v) is 6.59. The first kappa shape index (κ1) is 14.9. The molecule has 4 nitrogen and oxygen atoms in total. The minimum Gasteiger partial charge on any atom is -0.469 e. The Morgan fingerprint density at radius 2 is 2.05 bits per heavy atom. The molecule has 1 aromatic heterocycles. The molecule has 0 aliphatic rings. The van der Waals surface area contributed by atoms with Gasteiger partial charge in [0.2, 0.25) is 0 Å². The number of rotatable bonds is 3. The molecule has 0 bridgehead atoms. The Kier molecular flexibility index (Phi) is 4.81. The van der Waals surface area contributed by atoms with E-state index in [9.17, 15) is 4.79 Å². The average molecular weight is 283 g/mol. The molecule has 0 aliphatic heterocycles. The van der Waals surface area contributed by atoms with Gasteiger partial charge in [-0.15, -0.1) is 0 Å². The highest BCUT2D eigenvalue weighted by molar-refractivity contribution is 5.93. The second-order valence-corrected chi connectivity index (χ2v) is 4.76. The third kappa shape index (κ3) is 3.98. The number of amides is 1. The van der Waals surface area contributed by atoms with E-state index in [-0.39, 0.29) is 12.5 Å². The lowest BCUT2D eigenvalue weighted by molar-refractivity contribution is 0.0784. The summed E-state index contributed by atoms with van der Waals surface area (Å²) in [5.74, 6) is 6.08. The lowest BCUT2D eigenvalue weighted by Crippen LogP contribution is -2.25. The molecule has 0 unspecified atom stereocenters. The van der Waals surface area contributed by atoms with Crippen molar-refractivity contribution in [2.45, 2.75) is 13.5 Å². The van der Waals surface area contributed by atoms with Gasteiger partial charge in [0.05, 0.1) is 5.56 Å². The van der Waals surface area contributed by atoms with Crippen molar-refractivity contribution in [1.82, 2.24) is 4.90 Å². The normalized spacial score (nSPS) is 9.86. The number of furan rings is 1. The van der Waals surface area contributed by atoms with E-state index in [2.05, 4.69) is 11.8 Å². The van der Waals surface area contributed by atoms with Crippen LogP contribution in [0, 0.1) is 18.8 Å². The van der Waals surface area contributed by atoms with Crippen molar-refractivity contribution in [2.24, 2.45) is 0 Å². The molecule has 1 N–H and O–H groups in total. The van der Waals surface area contributed by atoms with E-state index >= 15 is 0 Å². The van der Waals surface area contributed by atoms with Crippen molar-refractivity contribution in [3.63, 3.8) is 0 Å². The molecule has 1 aromatic carbocycles. The fraction of sp³-hybridized carbons (Fsp3) is 0.235. The minimum absolute atomic E-state index is 0.0731. The summed E-state index contributed by atoms with van der Waals surface area (Å²) in [6, 6.07) is 9.32. The Morgan fingerprint density at radius 1 is 1.33 bits per heavy atom. The number of benzene rings is 1. The SMILES string of the molecule is Cc1cc(C(=O)N(C)Cc2ccc(C#CCO)cc2)co1. The third-order valence-electron chi connectivity index (χ3n) is 3.01. The van der Waals surface area contributed by atoms with Gasteiger partial charge in [-0.2, -0.15) is 0 Å². The topological polar surface area (TPSA) is 53.7 Å². The Hall–Kier alpha value is -2.51. The Labute approximate surface area is 124 Å². The molecule has 4 heteroatoms. The van der Waals surface area contributed by atoms with Crippen LogP contribution in [0.5, 0.6) is 0 Å². The number of aliphatic hydroxyl groups excluding tert-OH is 1. The Morgan fingerprint density at radius 3 is 2.62 bits per heavy atom. The van der Waals surface area contributed by atoms with E-state index in [1.807, 2.05) is 31.2 Å². The largest absolute Gasteiger partial charge is 0.469 e. The van der Waals surface area contributed by atoms with Gasteiger partial charge in [0, 0.05) is 19.2 Å². The maximum atomic E-state index is 12.2. The van der Waals surface area contributed by atoms with Crippen molar-refractivity contribution in [1.29, 1.82) is 0 Å². The summed E-state index contributed by atoms with van der Waals surface area (Å²) < 4.78 is 5.16. The van der Waals surface area contributed by atoms with E-state index in [4.69, 9.17) is 9.52 Å². The highest BCUT2D eigenvalue weighted by atomic mass is 16.3. The van der Waals surface area contributed by atoms with Crippen molar-refractivity contribution < 1.29 is 14.3 Å². The Balaban J connectivity index is 2.02. The number of hydrogen-bond donors (Lipinski definition) is 1. The molecular formula is C17H17NO3. The maximum Gasteiger partial charge on any atom is 0.257 e. The van der Waals surface area contributed by atoms with Crippen LogP contribution >= 0.6 is 0 Å². The van der Waals surface area contributed by atoms with Gasteiger partial charge in [-0.05, 0) is 30.7 Å². The molecule has 0 fully saturated rings. The van der Waals surface area contributed by atoms with E-state index in [1.165, 1.54) is 6.26 Å². The van der Waals surface area contributed by atoms with Crippen LogP contribution in [0.25, 0.3) is 0 Å². The molecule has 2 rings (SSSR count). The van der Waals surface area contributed by atoms with Gasteiger partial charge in [-0.25, -0.2) is 0 Å². The molecule has 0 spiro atoms. The van der Waals surface area contributed by atoms with E-state index < -0.39 is 0 Å². The summed E-state index contributed by atoms with van der Waals surface area (Å²) >= 11 is 0. The summed E-state index contributed by atoms with van der Waals surface area (Å²) in [6.45, 7) is 2.17. The molecule has 0 saturated carbocycles. The van der Waals surface area contributed by atoms with Crippen molar-refractivity contribution >= 4 is 5.91 Å². The van der Waals surface area contributed by atoms with Crippen molar-refractivity contribution in [3.05, 3.63) is 59.0 Å². The van der Waals surface area contributed by atoms with Crippen LogP contribution in [-0.2, 0) is 6.54 Å². The molecule has 0 saturated heterocycles. The third-order valence-corrected chi connectivity index (χ3v) is 3.01. The molecule has 2 aromatic rings. The van der Waals surface area contributed by atoms with Gasteiger partial charge in [-0.3, -0.25) is 4.79 Å². The number of nitrogens with zero attached hydrogens (tertiary/aromatic N) is 1. The van der Waals surface area contributed by atoms with Gasteiger partial charge < -0.3 is 14.4 Å². The second-order valence-electron chi connectivity index (χ2n) is 4.76. The van der Waals surface area contributed by atoms with Crippen LogP contribution < -0.4 is 0 Å². The lowest BCUT2D eigenvalue weighted by atomic mass is 10.1. The van der Waals surface area contributed by atoms with Crippen molar-refractivity contribution in [3.8, 4) is 11.8 Å². The number of hydrogen-bond acceptors (Lipinski definition) is 3. The maximum absolute atomic E-state index is 12.2. The molecule has 0 atom stereocenters. The van der Waals surface area contributed by atoms with Crippen LogP contribution in [0.4, 0.5) is 0 Å². The van der Waals surface area contributed by atoms with Gasteiger partial charge in [-0.1, -0.05) is 24.0 Å². The van der Waals surface area contributed by atoms with Gasteiger partial charge in [0.25, 0.3) is 5.91 Å². The predicted octanol–water partition coefficient (Wildman–Crippen LogP) is 2.20. The van der Waals surface area contributed by atoms with Crippen LogP contribution in [0.3, 0.4) is 0 Å². The quantitative estimate of drug-likeness (QED) is 0.879. The molecular weight excluding hydrogens is 266 g/mol. The number of aryl methyl sites for hydroxylation is 1. The van der Waals surface area contributed by atoms with E-state index in [0.717, 1.165) is 16.9 Å². The highest BCUT2D eigenvalue weighted by Crippen LogP contribution is 2.12. The molecule has 1 heterocycles. The average Bonchev–Trinajstić information content (AvgIpc) is 2.92. The van der Waals surface area contributed by atoms with Gasteiger partial charge in [0.15, 0.2) is 0 Å². The lowest BCUT2D eigenvalue weighted by Gasteiger charge is -2.16. The van der Waals surface area contributed by atoms with Crippen LogP contribution in [0.1, 0.15) is 27.2 Å². The fourth-order valence-electron chi connectivity index (χ4n) is 1.96. The summed E-state index contributed by atoms with van der Waals surface area (Å²) in [7, 11) is 1.75. The molecule has 108 valence electrons. The predicted molar refractivity (Wildman–Crippen MR) is 79.6 cm³/mol.